The quantitative estimate of drug-likeness (QED) is 0.628. The van der Waals surface area contributed by atoms with E-state index in [1.807, 2.05) is 13.0 Å². The maximum absolute atomic E-state index is 11.6. The van der Waals surface area contributed by atoms with Gasteiger partial charge in [-0.3, -0.25) is 9.59 Å². The van der Waals surface area contributed by atoms with E-state index in [4.69, 9.17) is 4.74 Å². The summed E-state index contributed by atoms with van der Waals surface area (Å²) in [5.74, 6) is 0.497. The number of thioether (sulfide) groups is 1. The Bertz CT molecular complexity index is 414. The maximum Gasteiger partial charge on any atom is 0.310 e. The zero-order valence-electron chi connectivity index (χ0n) is 9.41. The van der Waals surface area contributed by atoms with E-state index in [-0.39, 0.29) is 17.9 Å². The van der Waals surface area contributed by atoms with Crippen molar-refractivity contribution in [3.63, 3.8) is 0 Å². The van der Waals surface area contributed by atoms with E-state index in [9.17, 15) is 9.59 Å². The van der Waals surface area contributed by atoms with Gasteiger partial charge in [0.05, 0.1) is 13.0 Å². The van der Waals surface area contributed by atoms with Crippen molar-refractivity contribution in [3.05, 3.63) is 28.2 Å². The molecule has 0 aliphatic heterocycles. The first-order chi connectivity index (χ1) is 7.69. The van der Waals surface area contributed by atoms with E-state index in [1.165, 1.54) is 0 Å². The van der Waals surface area contributed by atoms with Crippen molar-refractivity contribution in [1.29, 1.82) is 0 Å². The van der Waals surface area contributed by atoms with Gasteiger partial charge in [-0.2, -0.15) is 0 Å². The molecule has 0 spiro atoms. The summed E-state index contributed by atoms with van der Waals surface area (Å²) in [5.41, 5.74) is 0.277. The van der Waals surface area contributed by atoms with Crippen LogP contribution in [-0.2, 0) is 16.0 Å². The highest BCUT2D eigenvalue weighted by atomic mass is 32.2. The van der Waals surface area contributed by atoms with Gasteiger partial charge < -0.3 is 9.72 Å². The van der Waals surface area contributed by atoms with Crippen molar-refractivity contribution >= 4 is 17.7 Å². The standard InChI is InChI=1S/C11H15NO3S/c1-3-15-10(13)7-8-9(16-4-2)5-6-12-11(8)14/h5-6H,3-4,7H2,1-2H3,(H,12,14). The van der Waals surface area contributed by atoms with Crippen LogP contribution in [0.15, 0.2) is 22.0 Å². The van der Waals surface area contributed by atoms with E-state index in [2.05, 4.69) is 4.98 Å². The van der Waals surface area contributed by atoms with Crippen molar-refractivity contribution in [3.8, 4) is 0 Å². The fourth-order valence-electron chi connectivity index (χ4n) is 1.31. The molecule has 1 rings (SSSR count). The lowest BCUT2D eigenvalue weighted by Crippen LogP contribution is -2.18. The zero-order chi connectivity index (χ0) is 12.0. The Labute approximate surface area is 98.4 Å². The molecule has 0 atom stereocenters. The van der Waals surface area contributed by atoms with Crippen LogP contribution in [0.5, 0.6) is 0 Å². The van der Waals surface area contributed by atoms with Crippen LogP contribution in [0.25, 0.3) is 0 Å². The highest BCUT2D eigenvalue weighted by molar-refractivity contribution is 7.99. The highest BCUT2D eigenvalue weighted by Crippen LogP contribution is 2.19. The minimum absolute atomic E-state index is 0.0341. The molecule has 0 amide bonds. The molecule has 0 fully saturated rings. The van der Waals surface area contributed by atoms with Gasteiger partial charge in [0.15, 0.2) is 0 Å². The van der Waals surface area contributed by atoms with Gasteiger partial charge in [-0.05, 0) is 18.7 Å². The average molecular weight is 241 g/mol. The van der Waals surface area contributed by atoms with Gasteiger partial charge in [-0.1, -0.05) is 6.92 Å². The molecule has 0 aliphatic carbocycles. The van der Waals surface area contributed by atoms with Crippen LogP contribution in [-0.4, -0.2) is 23.3 Å². The first-order valence-electron chi connectivity index (χ1n) is 5.18. The molecule has 1 aromatic heterocycles. The summed E-state index contributed by atoms with van der Waals surface area (Å²) in [5, 5.41) is 0. The average Bonchev–Trinajstić information content (AvgIpc) is 2.24. The third-order valence-electron chi connectivity index (χ3n) is 1.95. The van der Waals surface area contributed by atoms with Crippen LogP contribution < -0.4 is 5.56 Å². The van der Waals surface area contributed by atoms with Gasteiger partial charge in [-0.15, -0.1) is 11.8 Å². The molecule has 0 unspecified atom stereocenters. The number of pyridine rings is 1. The van der Waals surface area contributed by atoms with Gasteiger partial charge in [0.25, 0.3) is 5.56 Å². The minimum atomic E-state index is -0.364. The molecule has 0 saturated heterocycles. The van der Waals surface area contributed by atoms with Gasteiger partial charge >= 0.3 is 5.97 Å². The molecule has 1 aromatic rings. The lowest BCUT2D eigenvalue weighted by Gasteiger charge is -2.06. The monoisotopic (exact) mass is 241 g/mol. The third-order valence-corrected chi connectivity index (χ3v) is 2.93. The van der Waals surface area contributed by atoms with E-state index < -0.39 is 0 Å². The second kappa shape index (κ2) is 6.37. The summed E-state index contributed by atoms with van der Waals surface area (Å²) in [6, 6.07) is 1.81. The first kappa shape index (κ1) is 12.8. The molecule has 88 valence electrons. The Morgan fingerprint density at radius 1 is 1.50 bits per heavy atom. The fraction of sp³-hybridized carbons (Fsp3) is 0.455. The lowest BCUT2D eigenvalue weighted by atomic mass is 10.2. The number of aromatic nitrogens is 1. The van der Waals surface area contributed by atoms with Crippen LogP contribution in [0.3, 0.4) is 0 Å². The number of ether oxygens (including phenoxy) is 1. The molecule has 5 heteroatoms. The molecule has 16 heavy (non-hydrogen) atoms. The highest BCUT2D eigenvalue weighted by Gasteiger charge is 2.12. The van der Waals surface area contributed by atoms with Crippen LogP contribution in [0.2, 0.25) is 0 Å². The van der Waals surface area contributed by atoms with E-state index in [0.29, 0.717) is 12.2 Å². The van der Waals surface area contributed by atoms with Crippen molar-refractivity contribution in [1.82, 2.24) is 4.98 Å². The van der Waals surface area contributed by atoms with Crippen molar-refractivity contribution in [2.45, 2.75) is 25.2 Å². The molecule has 1 heterocycles. The lowest BCUT2D eigenvalue weighted by molar-refractivity contribution is -0.142. The summed E-state index contributed by atoms with van der Waals surface area (Å²) in [4.78, 5) is 26.3. The number of hydrogen-bond donors (Lipinski definition) is 1. The second-order valence-electron chi connectivity index (χ2n) is 3.06. The molecule has 0 bridgehead atoms. The smallest absolute Gasteiger partial charge is 0.310 e. The Morgan fingerprint density at radius 2 is 2.25 bits per heavy atom. The summed E-state index contributed by atoms with van der Waals surface area (Å²) < 4.78 is 4.83. The van der Waals surface area contributed by atoms with Crippen molar-refractivity contribution in [2.24, 2.45) is 0 Å². The number of nitrogens with one attached hydrogen (secondary N) is 1. The Hall–Kier alpha value is -1.23. The SMILES string of the molecule is CCOC(=O)Cc1c(SCC)cc[nH]c1=O. The number of rotatable bonds is 5. The van der Waals surface area contributed by atoms with E-state index in [1.54, 1.807) is 24.9 Å². The normalized spacial score (nSPS) is 10.1. The van der Waals surface area contributed by atoms with Gasteiger partial charge in [0.2, 0.25) is 0 Å². The van der Waals surface area contributed by atoms with Gasteiger partial charge in [-0.25, -0.2) is 0 Å². The van der Waals surface area contributed by atoms with Crippen LogP contribution in [0.1, 0.15) is 19.4 Å². The van der Waals surface area contributed by atoms with E-state index in [0.717, 1.165) is 10.6 Å². The van der Waals surface area contributed by atoms with Crippen molar-refractivity contribution < 1.29 is 9.53 Å². The number of hydrogen-bond acceptors (Lipinski definition) is 4. The Kier molecular flexibility index (Phi) is 5.11. The minimum Gasteiger partial charge on any atom is -0.466 e. The number of carbonyl (C=O) groups is 1. The largest absolute Gasteiger partial charge is 0.466 e. The molecule has 1 N–H and O–H groups in total. The summed E-state index contributed by atoms with van der Waals surface area (Å²) in [6.07, 6.45) is 1.63. The number of aromatic amines is 1. The molecule has 0 aromatic carbocycles. The predicted molar refractivity (Wildman–Crippen MR) is 63.8 cm³/mol. The fourth-order valence-corrected chi connectivity index (χ4v) is 2.12. The van der Waals surface area contributed by atoms with Crippen LogP contribution in [0.4, 0.5) is 0 Å². The molecular weight excluding hydrogens is 226 g/mol. The molecule has 0 saturated carbocycles. The Balaban J connectivity index is 2.92. The number of carbonyl (C=O) groups excluding carboxylic acids is 1. The molecule has 0 radical (unpaired) electrons. The van der Waals surface area contributed by atoms with Gasteiger partial charge in [0, 0.05) is 16.7 Å². The van der Waals surface area contributed by atoms with E-state index >= 15 is 0 Å². The summed E-state index contributed by atoms with van der Waals surface area (Å²) in [6.45, 7) is 4.08. The van der Waals surface area contributed by atoms with Crippen LogP contribution >= 0.6 is 11.8 Å². The third kappa shape index (κ3) is 3.41. The van der Waals surface area contributed by atoms with Gasteiger partial charge in [0.1, 0.15) is 0 Å². The predicted octanol–water partition coefficient (Wildman–Crippen LogP) is 1.59. The molecule has 4 nitrogen and oxygen atoms in total. The Morgan fingerprint density at radius 3 is 2.88 bits per heavy atom. The van der Waals surface area contributed by atoms with Crippen molar-refractivity contribution in [2.75, 3.05) is 12.4 Å². The summed E-state index contributed by atoms with van der Waals surface area (Å²) >= 11 is 1.55. The van der Waals surface area contributed by atoms with Crippen LogP contribution in [0, 0.1) is 0 Å². The first-order valence-corrected chi connectivity index (χ1v) is 6.16. The molecule has 0 aliphatic rings. The maximum atomic E-state index is 11.6. The topological polar surface area (TPSA) is 59.2 Å². The second-order valence-corrected chi connectivity index (χ2v) is 4.37. The summed E-state index contributed by atoms with van der Waals surface area (Å²) in [7, 11) is 0. The zero-order valence-corrected chi connectivity index (χ0v) is 10.2. The number of H-pyrrole nitrogens is 1. The molecular formula is C11H15NO3S. The number of esters is 1.